The van der Waals surface area contributed by atoms with E-state index in [-0.39, 0.29) is 16.8 Å². The summed E-state index contributed by atoms with van der Waals surface area (Å²) in [6.45, 7) is 1.63. The minimum absolute atomic E-state index is 0.195. The maximum Gasteiger partial charge on any atom is 0.573 e. The zero-order chi connectivity index (χ0) is 25.6. The number of H-pyrrole nitrogens is 1. The number of aryl methyl sites for hydroxylation is 1. The van der Waals surface area contributed by atoms with Crippen molar-refractivity contribution in [2.24, 2.45) is 7.05 Å². The molecule has 0 aliphatic rings. The Morgan fingerprint density at radius 2 is 2.00 bits per heavy atom. The predicted molar refractivity (Wildman–Crippen MR) is 123 cm³/mol. The topological polar surface area (TPSA) is 97.7 Å². The maximum absolute atomic E-state index is 13.7. The molecule has 12 heteroatoms. The summed E-state index contributed by atoms with van der Waals surface area (Å²) >= 11 is 0. The summed E-state index contributed by atoms with van der Waals surface area (Å²) in [7, 11) is 1.68. The minimum Gasteiger partial charge on any atom is -0.406 e. The molecule has 0 saturated heterocycles. The van der Waals surface area contributed by atoms with Gasteiger partial charge >= 0.3 is 6.36 Å². The Balaban J connectivity index is 1.44. The Kier molecular flexibility index (Phi) is 5.58. The van der Waals surface area contributed by atoms with Crippen LogP contribution >= 0.6 is 0 Å². The van der Waals surface area contributed by atoms with Crippen LogP contribution in [0.15, 0.2) is 54.9 Å². The van der Waals surface area contributed by atoms with Crippen LogP contribution in [0, 0.1) is 5.82 Å². The first-order chi connectivity index (χ1) is 17.1. The fourth-order valence-corrected chi connectivity index (χ4v) is 3.94. The second-order valence-corrected chi connectivity index (χ2v) is 8.10. The number of hydrogen-bond acceptors (Lipinski definition) is 5. The van der Waals surface area contributed by atoms with Gasteiger partial charge in [0.1, 0.15) is 28.5 Å². The van der Waals surface area contributed by atoms with E-state index in [1.54, 1.807) is 26.1 Å². The van der Waals surface area contributed by atoms with Gasteiger partial charge in [0.2, 0.25) is 0 Å². The molecular formula is C24H18F4N6O2. The molecule has 0 fully saturated rings. The van der Waals surface area contributed by atoms with Crippen LogP contribution in [0.25, 0.3) is 33.5 Å². The molecule has 36 heavy (non-hydrogen) atoms. The summed E-state index contributed by atoms with van der Waals surface area (Å²) in [6, 6.07) is 9.03. The number of amides is 1. The van der Waals surface area contributed by atoms with E-state index in [9.17, 15) is 22.4 Å². The van der Waals surface area contributed by atoms with Gasteiger partial charge in [-0.1, -0.05) is 12.1 Å². The molecule has 5 aromatic rings. The van der Waals surface area contributed by atoms with Crippen LogP contribution in [-0.4, -0.2) is 37.0 Å². The van der Waals surface area contributed by atoms with Crippen LogP contribution in [-0.2, 0) is 7.05 Å². The SMILES string of the molecule is CC(NC(=O)c1c[nH]c2ncc(-c3nn(C)c4cc(F)ccc34)nc12)c1cccc(OC(F)(F)F)c1. The number of ether oxygens (including phenoxy) is 1. The van der Waals surface area contributed by atoms with Gasteiger partial charge in [0, 0.05) is 18.6 Å². The molecule has 8 nitrogen and oxygen atoms in total. The van der Waals surface area contributed by atoms with Crippen molar-refractivity contribution in [3.63, 3.8) is 0 Å². The van der Waals surface area contributed by atoms with Crippen molar-refractivity contribution in [2.75, 3.05) is 0 Å². The smallest absolute Gasteiger partial charge is 0.406 e. The molecule has 0 spiro atoms. The molecule has 0 aliphatic carbocycles. The number of aromatic nitrogens is 5. The average Bonchev–Trinajstić information content (AvgIpc) is 3.38. The highest BCUT2D eigenvalue weighted by Gasteiger charge is 2.31. The Labute approximate surface area is 200 Å². The third-order valence-electron chi connectivity index (χ3n) is 5.62. The van der Waals surface area contributed by atoms with E-state index in [0.717, 1.165) is 0 Å². The van der Waals surface area contributed by atoms with E-state index in [4.69, 9.17) is 0 Å². The highest BCUT2D eigenvalue weighted by atomic mass is 19.4. The number of halogens is 4. The largest absolute Gasteiger partial charge is 0.573 e. The number of benzene rings is 2. The molecule has 2 aromatic carbocycles. The van der Waals surface area contributed by atoms with Gasteiger partial charge in [-0.05, 0) is 42.8 Å². The lowest BCUT2D eigenvalue weighted by atomic mass is 10.1. The van der Waals surface area contributed by atoms with Crippen LogP contribution in [0.1, 0.15) is 28.9 Å². The molecule has 3 aromatic heterocycles. The van der Waals surface area contributed by atoms with Crippen LogP contribution in [0.5, 0.6) is 5.75 Å². The number of fused-ring (bicyclic) bond motifs is 2. The summed E-state index contributed by atoms with van der Waals surface area (Å²) in [5.41, 5.74) is 2.70. The number of rotatable bonds is 5. The van der Waals surface area contributed by atoms with Crippen LogP contribution in [0.2, 0.25) is 0 Å². The number of carbonyl (C=O) groups excluding carboxylic acids is 1. The molecule has 5 rings (SSSR count). The molecule has 0 saturated carbocycles. The summed E-state index contributed by atoms with van der Waals surface area (Å²) in [5.74, 6) is -1.28. The van der Waals surface area contributed by atoms with E-state index in [1.807, 2.05) is 0 Å². The molecule has 0 radical (unpaired) electrons. The van der Waals surface area contributed by atoms with Crippen LogP contribution in [0.3, 0.4) is 0 Å². The number of carbonyl (C=O) groups is 1. The Bertz CT molecular complexity index is 1610. The van der Waals surface area contributed by atoms with Gasteiger partial charge in [0.05, 0.1) is 23.3 Å². The fourth-order valence-electron chi connectivity index (χ4n) is 3.94. The van der Waals surface area contributed by atoms with E-state index < -0.39 is 24.1 Å². The molecule has 0 bridgehead atoms. The Hall–Kier alpha value is -4.48. The minimum atomic E-state index is -4.82. The summed E-state index contributed by atoms with van der Waals surface area (Å²) in [6.07, 6.45) is -1.87. The van der Waals surface area contributed by atoms with Crippen molar-refractivity contribution in [1.29, 1.82) is 0 Å². The van der Waals surface area contributed by atoms with Gasteiger partial charge in [-0.25, -0.2) is 14.4 Å². The lowest BCUT2D eigenvalue weighted by Gasteiger charge is -2.16. The lowest BCUT2D eigenvalue weighted by Crippen LogP contribution is -2.26. The van der Waals surface area contributed by atoms with Crippen molar-refractivity contribution >= 4 is 28.0 Å². The first-order valence-corrected chi connectivity index (χ1v) is 10.7. The number of aromatic amines is 1. The molecule has 1 unspecified atom stereocenters. The number of nitrogens with one attached hydrogen (secondary N) is 2. The third kappa shape index (κ3) is 4.44. The summed E-state index contributed by atoms with van der Waals surface area (Å²) in [4.78, 5) is 24.8. The van der Waals surface area contributed by atoms with Crippen molar-refractivity contribution in [1.82, 2.24) is 30.0 Å². The van der Waals surface area contributed by atoms with Crippen molar-refractivity contribution in [3.8, 4) is 17.1 Å². The lowest BCUT2D eigenvalue weighted by molar-refractivity contribution is -0.274. The van der Waals surface area contributed by atoms with Gasteiger partial charge < -0.3 is 15.0 Å². The van der Waals surface area contributed by atoms with Gasteiger partial charge in [-0.2, -0.15) is 5.10 Å². The van der Waals surface area contributed by atoms with E-state index in [0.29, 0.717) is 33.5 Å². The van der Waals surface area contributed by atoms with Crippen LogP contribution in [0.4, 0.5) is 17.6 Å². The maximum atomic E-state index is 13.7. The zero-order valence-electron chi connectivity index (χ0n) is 18.9. The van der Waals surface area contributed by atoms with Gasteiger partial charge in [-0.3, -0.25) is 9.48 Å². The second kappa shape index (κ2) is 8.63. The quantitative estimate of drug-likeness (QED) is 0.331. The monoisotopic (exact) mass is 498 g/mol. The number of hydrogen-bond donors (Lipinski definition) is 2. The summed E-state index contributed by atoms with van der Waals surface area (Å²) < 4.78 is 56.8. The average molecular weight is 498 g/mol. The fraction of sp³-hybridized carbons (Fsp3) is 0.167. The van der Waals surface area contributed by atoms with Crippen LogP contribution < -0.4 is 10.1 Å². The molecule has 0 aliphatic heterocycles. The van der Waals surface area contributed by atoms with Crippen molar-refractivity contribution < 1.29 is 27.1 Å². The van der Waals surface area contributed by atoms with E-state index in [2.05, 4.69) is 30.1 Å². The third-order valence-corrected chi connectivity index (χ3v) is 5.62. The normalized spacial score (nSPS) is 12.7. The predicted octanol–water partition coefficient (Wildman–Crippen LogP) is 5.04. The first kappa shape index (κ1) is 23.3. The summed E-state index contributed by atoms with van der Waals surface area (Å²) in [5, 5.41) is 7.86. The molecular weight excluding hydrogens is 480 g/mol. The van der Waals surface area contributed by atoms with Gasteiger partial charge in [0.15, 0.2) is 5.65 Å². The molecule has 3 heterocycles. The Morgan fingerprint density at radius 3 is 2.78 bits per heavy atom. The van der Waals surface area contributed by atoms with Gasteiger partial charge in [-0.15, -0.1) is 13.2 Å². The van der Waals surface area contributed by atoms with E-state index in [1.165, 1.54) is 47.4 Å². The molecule has 2 N–H and O–H groups in total. The highest BCUT2D eigenvalue weighted by Crippen LogP contribution is 2.29. The molecule has 1 amide bonds. The molecule has 1 atom stereocenters. The highest BCUT2D eigenvalue weighted by molar-refractivity contribution is 6.05. The van der Waals surface area contributed by atoms with Crippen molar-refractivity contribution in [2.45, 2.75) is 19.3 Å². The standard InChI is InChI=1S/C24H18F4N6O2/c1-12(13-4-3-5-15(8-13)36-24(26,27)28)31-23(35)17-10-29-22-21(17)32-18(11-30-22)20-16-7-6-14(25)9-19(16)34(2)33-20/h3-12H,1-2H3,(H,29,30)(H,31,35). The number of alkyl halides is 3. The first-order valence-electron chi connectivity index (χ1n) is 10.7. The van der Waals surface area contributed by atoms with Crippen molar-refractivity contribution in [3.05, 3.63) is 71.8 Å². The van der Waals surface area contributed by atoms with E-state index >= 15 is 0 Å². The Morgan fingerprint density at radius 1 is 1.19 bits per heavy atom. The zero-order valence-corrected chi connectivity index (χ0v) is 18.9. The molecule has 184 valence electrons. The number of nitrogens with zero attached hydrogens (tertiary/aromatic N) is 4. The second-order valence-electron chi connectivity index (χ2n) is 8.10. The van der Waals surface area contributed by atoms with Gasteiger partial charge in [0.25, 0.3) is 5.91 Å².